The standard InChI is InChI=1S/C17H26N6O2S/c1-12(2)20-17-21-15-8-4-3-7-14(15)16(22-17)23-9-5-6-13(11-23)10-19-26(18,24)25/h3-4,7-8,12-13,19H,5-6,9-11H2,1-2H3,(H2,18,24,25)(H,20,21,22). The highest BCUT2D eigenvalue weighted by molar-refractivity contribution is 7.87. The third kappa shape index (κ3) is 4.80. The number of para-hydroxylation sites is 1. The lowest BCUT2D eigenvalue weighted by Crippen LogP contribution is -2.42. The van der Waals surface area contributed by atoms with Crippen LogP contribution in [0.5, 0.6) is 0 Å². The Morgan fingerprint density at radius 3 is 2.81 bits per heavy atom. The maximum atomic E-state index is 11.2. The van der Waals surface area contributed by atoms with E-state index in [9.17, 15) is 8.42 Å². The van der Waals surface area contributed by atoms with Crippen LogP contribution in [0.2, 0.25) is 0 Å². The van der Waals surface area contributed by atoms with Crippen LogP contribution >= 0.6 is 0 Å². The van der Waals surface area contributed by atoms with Crippen molar-refractivity contribution in [2.75, 3.05) is 29.9 Å². The Bertz CT molecular complexity index is 871. The van der Waals surface area contributed by atoms with Gasteiger partial charge in [-0.05, 0) is 44.7 Å². The minimum absolute atomic E-state index is 0.192. The molecule has 1 fully saturated rings. The van der Waals surface area contributed by atoms with Crippen molar-refractivity contribution in [3.63, 3.8) is 0 Å². The van der Waals surface area contributed by atoms with E-state index in [0.717, 1.165) is 42.7 Å². The number of nitrogens with zero attached hydrogens (tertiary/aromatic N) is 3. The molecular weight excluding hydrogens is 352 g/mol. The van der Waals surface area contributed by atoms with Gasteiger partial charge >= 0.3 is 0 Å². The lowest BCUT2D eigenvalue weighted by molar-refractivity contribution is 0.410. The Morgan fingerprint density at radius 1 is 1.31 bits per heavy atom. The zero-order valence-electron chi connectivity index (χ0n) is 15.1. The molecule has 0 aliphatic carbocycles. The summed E-state index contributed by atoms with van der Waals surface area (Å²) in [5.41, 5.74) is 0.894. The predicted octanol–water partition coefficient (Wildman–Crippen LogP) is 1.46. The Morgan fingerprint density at radius 2 is 2.08 bits per heavy atom. The molecule has 1 aliphatic heterocycles. The quantitative estimate of drug-likeness (QED) is 0.701. The van der Waals surface area contributed by atoms with Crippen molar-refractivity contribution in [3.05, 3.63) is 24.3 Å². The molecule has 4 N–H and O–H groups in total. The van der Waals surface area contributed by atoms with Gasteiger partial charge in [-0.2, -0.15) is 13.4 Å². The van der Waals surface area contributed by atoms with E-state index in [0.29, 0.717) is 12.5 Å². The van der Waals surface area contributed by atoms with Gasteiger partial charge in [0.2, 0.25) is 5.95 Å². The molecule has 1 saturated heterocycles. The molecule has 142 valence electrons. The van der Waals surface area contributed by atoms with Crippen molar-refractivity contribution >= 4 is 32.9 Å². The summed E-state index contributed by atoms with van der Waals surface area (Å²) in [4.78, 5) is 11.6. The van der Waals surface area contributed by atoms with E-state index in [1.54, 1.807) is 0 Å². The number of fused-ring (bicyclic) bond motifs is 1. The van der Waals surface area contributed by atoms with Gasteiger partial charge in [-0.1, -0.05) is 12.1 Å². The number of rotatable bonds is 6. The van der Waals surface area contributed by atoms with Gasteiger partial charge in [0.05, 0.1) is 5.52 Å². The monoisotopic (exact) mass is 378 g/mol. The Balaban J connectivity index is 1.88. The summed E-state index contributed by atoms with van der Waals surface area (Å²) in [6.07, 6.45) is 1.93. The molecule has 1 unspecified atom stereocenters. The van der Waals surface area contributed by atoms with Crippen LogP contribution in [0.25, 0.3) is 10.9 Å². The molecule has 2 heterocycles. The molecule has 1 atom stereocenters. The summed E-state index contributed by atoms with van der Waals surface area (Å²) in [5.74, 6) is 1.69. The molecular formula is C17H26N6O2S. The van der Waals surface area contributed by atoms with Crippen LogP contribution in [0.4, 0.5) is 11.8 Å². The van der Waals surface area contributed by atoms with E-state index in [1.807, 2.05) is 38.1 Å². The largest absolute Gasteiger partial charge is 0.356 e. The SMILES string of the molecule is CC(C)Nc1nc(N2CCCC(CNS(N)(=O)=O)C2)c2ccccc2n1. The fraction of sp³-hybridized carbons (Fsp3) is 0.529. The highest BCUT2D eigenvalue weighted by Gasteiger charge is 2.24. The van der Waals surface area contributed by atoms with Gasteiger partial charge in [0, 0.05) is 31.1 Å². The van der Waals surface area contributed by atoms with E-state index in [-0.39, 0.29) is 12.0 Å². The van der Waals surface area contributed by atoms with Crippen molar-refractivity contribution < 1.29 is 8.42 Å². The van der Waals surface area contributed by atoms with Crippen molar-refractivity contribution in [1.82, 2.24) is 14.7 Å². The number of benzene rings is 1. The maximum Gasteiger partial charge on any atom is 0.274 e. The average molecular weight is 379 g/mol. The molecule has 1 aromatic carbocycles. The van der Waals surface area contributed by atoms with Crippen LogP contribution in [-0.4, -0.2) is 44.1 Å². The van der Waals surface area contributed by atoms with Gasteiger partial charge in [0.25, 0.3) is 10.2 Å². The first-order valence-corrected chi connectivity index (χ1v) is 10.4. The maximum absolute atomic E-state index is 11.2. The number of aromatic nitrogens is 2. The van der Waals surface area contributed by atoms with Crippen LogP contribution in [0.3, 0.4) is 0 Å². The van der Waals surface area contributed by atoms with E-state index in [2.05, 4.69) is 19.9 Å². The van der Waals surface area contributed by atoms with Crippen LogP contribution < -0.4 is 20.1 Å². The smallest absolute Gasteiger partial charge is 0.274 e. The predicted molar refractivity (Wildman–Crippen MR) is 104 cm³/mol. The topological polar surface area (TPSA) is 113 Å². The molecule has 1 aromatic heterocycles. The van der Waals surface area contributed by atoms with E-state index < -0.39 is 10.2 Å². The fourth-order valence-electron chi connectivity index (χ4n) is 3.28. The Kier molecular flexibility index (Phi) is 5.59. The normalized spacial score (nSPS) is 18.5. The second-order valence-corrected chi connectivity index (χ2v) is 8.41. The first kappa shape index (κ1) is 18.8. The number of nitrogens with two attached hydrogens (primary N) is 1. The molecule has 0 bridgehead atoms. The Labute approximate surface area is 154 Å². The highest BCUT2D eigenvalue weighted by Crippen LogP contribution is 2.29. The van der Waals surface area contributed by atoms with Crippen LogP contribution in [0, 0.1) is 5.92 Å². The summed E-state index contributed by atoms with van der Waals surface area (Å²) >= 11 is 0. The van der Waals surface area contributed by atoms with Crippen molar-refractivity contribution in [2.45, 2.75) is 32.7 Å². The number of anilines is 2. The second kappa shape index (κ2) is 7.73. The van der Waals surface area contributed by atoms with Crippen molar-refractivity contribution in [3.8, 4) is 0 Å². The molecule has 0 amide bonds. The zero-order chi connectivity index (χ0) is 18.7. The van der Waals surface area contributed by atoms with Crippen LogP contribution in [0.15, 0.2) is 24.3 Å². The number of nitrogens with one attached hydrogen (secondary N) is 2. The highest BCUT2D eigenvalue weighted by atomic mass is 32.2. The summed E-state index contributed by atoms with van der Waals surface area (Å²) in [6, 6.07) is 8.19. The van der Waals surface area contributed by atoms with Gasteiger partial charge in [-0.15, -0.1) is 0 Å². The molecule has 0 spiro atoms. The summed E-state index contributed by atoms with van der Waals surface area (Å²) in [6.45, 7) is 6.05. The van der Waals surface area contributed by atoms with Crippen molar-refractivity contribution in [2.24, 2.45) is 11.1 Å². The third-order valence-electron chi connectivity index (χ3n) is 4.39. The van der Waals surface area contributed by atoms with E-state index in [4.69, 9.17) is 10.1 Å². The fourth-order valence-corrected chi connectivity index (χ4v) is 3.75. The molecule has 9 heteroatoms. The minimum Gasteiger partial charge on any atom is -0.356 e. The minimum atomic E-state index is -3.66. The molecule has 8 nitrogen and oxygen atoms in total. The van der Waals surface area contributed by atoms with Crippen molar-refractivity contribution in [1.29, 1.82) is 0 Å². The molecule has 0 radical (unpaired) electrons. The molecule has 26 heavy (non-hydrogen) atoms. The Hall–Kier alpha value is -1.97. The summed E-state index contributed by atoms with van der Waals surface area (Å²) < 4.78 is 24.8. The van der Waals surface area contributed by atoms with Crippen LogP contribution in [-0.2, 0) is 10.2 Å². The zero-order valence-corrected chi connectivity index (χ0v) is 16.0. The molecule has 1 aliphatic rings. The third-order valence-corrected chi connectivity index (χ3v) is 4.96. The number of hydrogen-bond donors (Lipinski definition) is 3. The van der Waals surface area contributed by atoms with Gasteiger partial charge in [0.1, 0.15) is 5.82 Å². The van der Waals surface area contributed by atoms with E-state index >= 15 is 0 Å². The van der Waals surface area contributed by atoms with E-state index in [1.165, 1.54) is 0 Å². The molecule has 3 rings (SSSR count). The number of hydrogen-bond acceptors (Lipinski definition) is 6. The lowest BCUT2D eigenvalue weighted by Gasteiger charge is -2.34. The van der Waals surface area contributed by atoms with Gasteiger partial charge in [0.15, 0.2) is 0 Å². The van der Waals surface area contributed by atoms with Gasteiger partial charge in [-0.25, -0.2) is 14.8 Å². The van der Waals surface area contributed by atoms with Crippen LogP contribution in [0.1, 0.15) is 26.7 Å². The van der Waals surface area contributed by atoms with Gasteiger partial charge < -0.3 is 10.2 Å². The lowest BCUT2D eigenvalue weighted by atomic mass is 9.98. The summed E-state index contributed by atoms with van der Waals surface area (Å²) in [5, 5.41) is 9.33. The van der Waals surface area contributed by atoms with Gasteiger partial charge in [-0.3, -0.25) is 0 Å². The first-order valence-electron chi connectivity index (χ1n) is 8.87. The first-order chi connectivity index (χ1) is 12.3. The average Bonchev–Trinajstić information content (AvgIpc) is 2.58. The molecule has 2 aromatic rings. The molecule has 0 saturated carbocycles. The second-order valence-electron chi connectivity index (χ2n) is 7.03. The summed E-state index contributed by atoms with van der Waals surface area (Å²) in [7, 11) is -3.66. The number of piperidine rings is 1.